The Morgan fingerprint density at radius 1 is 1.00 bits per heavy atom. The molecule has 0 bridgehead atoms. The Morgan fingerprint density at radius 2 is 1.76 bits per heavy atom. The molecule has 0 spiro atoms. The van der Waals surface area contributed by atoms with Crippen molar-refractivity contribution in [3.8, 4) is 5.75 Å². The first-order valence-corrected chi connectivity index (χ1v) is 7.59. The highest BCUT2D eigenvalue weighted by atomic mass is 16.5. The van der Waals surface area contributed by atoms with Crippen molar-refractivity contribution < 1.29 is 4.74 Å². The van der Waals surface area contributed by atoms with Crippen molar-refractivity contribution in [1.29, 1.82) is 0 Å². The minimum atomic E-state index is 0.712. The molecule has 0 aliphatic carbocycles. The lowest BCUT2D eigenvalue weighted by Gasteiger charge is -2.28. The van der Waals surface area contributed by atoms with Crippen LogP contribution in [-0.4, -0.2) is 24.6 Å². The van der Waals surface area contributed by atoms with E-state index in [-0.39, 0.29) is 0 Å². The molecule has 0 aromatic heterocycles. The second kappa shape index (κ2) is 6.64. The molecule has 0 saturated carbocycles. The lowest BCUT2D eigenvalue weighted by atomic mass is 10.00. The Morgan fingerprint density at radius 3 is 2.62 bits per heavy atom. The fourth-order valence-corrected chi connectivity index (χ4v) is 2.83. The number of para-hydroxylation sites is 2. The average Bonchev–Trinajstić information content (AvgIpc) is 2.53. The second-order valence-electron chi connectivity index (χ2n) is 5.53. The van der Waals surface area contributed by atoms with Gasteiger partial charge in [-0.05, 0) is 36.1 Å². The van der Waals surface area contributed by atoms with E-state index in [9.17, 15) is 0 Å². The Labute approximate surface area is 126 Å². The zero-order valence-electron chi connectivity index (χ0n) is 12.3. The van der Waals surface area contributed by atoms with Crippen LogP contribution in [0.4, 0.5) is 5.69 Å². The van der Waals surface area contributed by atoms with E-state index in [2.05, 4.69) is 29.2 Å². The van der Waals surface area contributed by atoms with Crippen LogP contribution < -0.4 is 10.5 Å². The van der Waals surface area contributed by atoms with Crippen LogP contribution in [0.1, 0.15) is 17.5 Å². The summed E-state index contributed by atoms with van der Waals surface area (Å²) in [6.07, 6.45) is 2.18. The van der Waals surface area contributed by atoms with Crippen LogP contribution in [0.15, 0.2) is 48.5 Å². The van der Waals surface area contributed by atoms with Crippen molar-refractivity contribution in [3.05, 3.63) is 59.7 Å². The van der Waals surface area contributed by atoms with Gasteiger partial charge < -0.3 is 10.5 Å². The molecule has 1 aliphatic rings. The quantitative estimate of drug-likeness (QED) is 0.676. The summed E-state index contributed by atoms with van der Waals surface area (Å²) in [7, 11) is 0. The van der Waals surface area contributed by atoms with Crippen molar-refractivity contribution in [3.63, 3.8) is 0 Å². The highest BCUT2D eigenvalue weighted by Crippen LogP contribution is 2.21. The molecule has 21 heavy (non-hydrogen) atoms. The van der Waals surface area contributed by atoms with Gasteiger partial charge in [0, 0.05) is 19.6 Å². The van der Waals surface area contributed by atoms with Crippen molar-refractivity contribution in [2.45, 2.75) is 19.4 Å². The van der Waals surface area contributed by atoms with Gasteiger partial charge in [0.1, 0.15) is 5.75 Å². The number of hydrogen-bond donors (Lipinski definition) is 1. The predicted octanol–water partition coefficient (Wildman–Crippen LogP) is 3.10. The summed E-state index contributed by atoms with van der Waals surface area (Å²) < 4.78 is 5.75. The van der Waals surface area contributed by atoms with Gasteiger partial charge in [-0.15, -0.1) is 0 Å². The van der Waals surface area contributed by atoms with Crippen LogP contribution in [0.25, 0.3) is 0 Å². The zero-order valence-corrected chi connectivity index (χ0v) is 12.3. The molecule has 110 valence electrons. The minimum Gasteiger partial charge on any atom is -0.491 e. The summed E-state index contributed by atoms with van der Waals surface area (Å²) in [5.41, 5.74) is 9.55. The summed E-state index contributed by atoms with van der Waals surface area (Å²) in [4.78, 5) is 2.50. The number of nitrogens with two attached hydrogens (primary N) is 1. The van der Waals surface area contributed by atoms with Gasteiger partial charge in [0.2, 0.25) is 0 Å². The molecule has 0 unspecified atom stereocenters. The first-order chi connectivity index (χ1) is 10.3. The fourth-order valence-electron chi connectivity index (χ4n) is 2.83. The first-order valence-electron chi connectivity index (χ1n) is 7.59. The summed E-state index contributed by atoms with van der Waals surface area (Å²) in [5, 5.41) is 0. The van der Waals surface area contributed by atoms with Crippen LogP contribution in [0.2, 0.25) is 0 Å². The molecule has 0 atom stereocenters. The van der Waals surface area contributed by atoms with Crippen LogP contribution in [0.5, 0.6) is 5.75 Å². The van der Waals surface area contributed by atoms with Gasteiger partial charge in [-0.1, -0.05) is 36.4 Å². The van der Waals surface area contributed by atoms with Gasteiger partial charge >= 0.3 is 0 Å². The lowest BCUT2D eigenvalue weighted by molar-refractivity contribution is 0.221. The molecule has 2 aromatic carbocycles. The van der Waals surface area contributed by atoms with Crippen molar-refractivity contribution in [2.24, 2.45) is 0 Å². The fraction of sp³-hybridized carbons (Fsp3) is 0.333. The molecule has 2 N–H and O–H groups in total. The molecule has 2 aromatic rings. The van der Waals surface area contributed by atoms with Gasteiger partial charge in [-0.3, -0.25) is 4.90 Å². The highest BCUT2D eigenvalue weighted by Gasteiger charge is 2.14. The summed E-state index contributed by atoms with van der Waals surface area (Å²) in [6.45, 7) is 3.99. The predicted molar refractivity (Wildman–Crippen MR) is 86.4 cm³/mol. The molecule has 3 heteroatoms. The second-order valence-corrected chi connectivity index (χ2v) is 5.53. The third-order valence-corrected chi connectivity index (χ3v) is 4.00. The van der Waals surface area contributed by atoms with Crippen molar-refractivity contribution in [2.75, 3.05) is 25.4 Å². The Hall–Kier alpha value is -2.00. The highest BCUT2D eigenvalue weighted by molar-refractivity contribution is 5.51. The van der Waals surface area contributed by atoms with E-state index in [1.807, 2.05) is 24.3 Å². The normalized spacial score (nSPS) is 14.7. The molecule has 3 nitrogen and oxygen atoms in total. The maximum absolute atomic E-state index is 5.86. The van der Waals surface area contributed by atoms with Gasteiger partial charge in [0.25, 0.3) is 0 Å². The molecule has 0 radical (unpaired) electrons. The number of nitrogen functional groups attached to an aromatic ring is 1. The largest absolute Gasteiger partial charge is 0.491 e. The third-order valence-electron chi connectivity index (χ3n) is 4.00. The maximum Gasteiger partial charge on any atom is 0.142 e. The molecule has 0 saturated heterocycles. The van der Waals surface area contributed by atoms with E-state index < -0.39 is 0 Å². The number of anilines is 1. The first kappa shape index (κ1) is 14.0. The average molecular weight is 282 g/mol. The van der Waals surface area contributed by atoms with E-state index in [1.54, 1.807) is 0 Å². The van der Waals surface area contributed by atoms with Crippen LogP contribution >= 0.6 is 0 Å². The minimum absolute atomic E-state index is 0.712. The maximum atomic E-state index is 5.86. The number of rotatable bonds is 5. The van der Waals surface area contributed by atoms with Gasteiger partial charge in [-0.25, -0.2) is 0 Å². The molecule has 0 fully saturated rings. The number of hydrogen-bond acceptors (Lipinski definition) is 3. The van der Waals surface area contributed by atoms with Crippen LogP contribution in [0.3, 0.4) is 0 Å². The topological polar surface area (TPSA) is 38.5 Å². The molecule has 1 aliphatic heterocycles. The summed E-state index contributed by atoms with van der Waals surface area (Å²) in [5.74, 6) is 0.793. The van der Waals surface area contributed by atoms with E-state index >= 15 is 0 Å². The number of benzene rings is 2. The number of ether oxygens (including phenoxy) is 1. The monoisotopic (exact) mass is 282 g/mol. The lowest BCUT2D eigenvalue weighted by Crippen LogP contribution is -2.32. The van der Waals surface area contributed by atoms with Crippen molar-refractivity contribution in [1.82, 2.24) is 4.90 Å². The van der Waals surface area contributed by atoms with Crippen LogP contribution in [0, 0.1) is 0 Å². The van der Waals surface area contributed by atoms with Gasteiger partial charge in [0.05, 0.1) is 12.3 Å². The van der Waals surface area contributed by atoms with Crippen LogP contribution in [-0.2, 0) is 13.0 Å². The van der Waals surface area contributed by atoms with Crippen molar-refractivity contribution >= 4 is 5.69 Å². The zero-order chi connectivity index (χ0) is 14.5. The number of nitrogens with zero attached hydrogens (tertiary/aromatic N) is 1. The molecule has 3 rings (SSSR count). The molecular weight excluding hydrogens is 260 g/mol. The van der Waals surface area contributed by atoms with E-state index in [0.717, 1.165) is 38.2 Å². The summed E-state index contributed by atoms with van der Waals surface area (Å²) in [6, 6.07) is 16.4. The smallest absolute Gasteiger partial charge is 0.142 e. The molecule has 1 heterocycles. The number of fused-ring (bicyclic) bond motifs is 1. The van der Waals surface area contributed by atoms with E-state index in [1.165, 1.54) is 11.1 Å². The van der Waals surface area contributed by atoms with Gasteiger partial charge in [-0.2, -0.15) is 0 Å². The Balaban J connectivity index is 1.44. The Kier molecular flexibility index (Phi) is 4.41. The van der Waals surface area contributed by atoms with E-state index in [4.69, 9.17) is 10.5 Å². The SMILES string of the molecule is Nc1ccccc1OCCCN1CCc2ccccc2C1. The summed E-state index contributed by atoms with van der Waals surface area (Å²) >= 11 is 0. The molecular formula is C18H22N2O. The Bertz CT molecular complexity index is 597. The van der Waals surface area contributed by atoms with E-state index in [0.29, 0.717) is 12.3 Å². The standard InChI is InChI=1S/C18H22N2O/c19-17-8-3-4-9-18(17)21-13-5-11-20-12-10-15-6-1-2-7-16(15)14-20/h1-4,6-9H,5,10-14,19H2. The third kappa shape index (κ3) is 3.56. The van der Waals surface area contributed by atoms with Gasteiger partial charge in [0.15, 0.2) is 0 Å². The molecule has 0 amide bonds.